The van der Waals surface area contributed by atoms with Gasteiger partial charge in [-0.1, -0.05) is 30.0 Å². The van der Waals surface area contributed by atoms with Crippen LogP contribution in [0.1, 0.15) is 18.4 Å². The highest BCUT2D eigenvalue weighted by Gasteiger charge is 2.34. The molecule has 158 valence electrons. The number of alkyl halides is 2. The quantitative estimate of drug-likeness (QED) is 0.455. The molecule has 3 aromatic rings. The van der Waals surface area contributed by atoms with Crippen molar-refractivity contribution in [1.29, 1.82) is 0 Å². The summed E-state index contributed by atoms with van der Waals surface area (Å²) in [7, 11) is 0. The van der Waals surface area contributed by atoms with Crippen LogP contribution in [-0.4, -0.2) is 38.8 Å². The summed E-state index contributed by atoms with van der Waals surface area (Å²) < 4.78 is 29.3. The van der Waals surface area contributed by atoms with Crippen LogP contribution in [0.3, 0.4) is 0 Å². The van der Waals surface area contributed by atoms with Crippen molar-refractivity contribution in [2.24, 2.45) is 0 Å². The van der Waals surface area contributed by atoms with E-state index in [-0.39, 0.29) is 18.7 Å². The molecule has 2 saturated heterocycles. The van der Waals surface area contributed by atoms with Gasteiger partial charge in [0.25, 0.3) is 11.8 Å². The second kappa shape index (κ2) is 7.72. The van der Waals surface area contributed by atoms with Gasteiger partial charge < -0.3 is 10.2 Å². The van der Waals surface area contributed by atoms with Crippen LogP contribution >= 0.6 is 24.0 Å². The van der Waals surface area contributed by atoms with Gasteiger partial charge in [-0.05, 0) is 48.0 Å². The number of nitrogens with one attached hydrogen (secondary N) is 1. The number of fused-ring (bicyclic) bond motifs is 1. The summed E-state index contributed by atoms with van der Waals surface area (Å²) in [5.41, 5.74) is 4.48. The van der Waals surface area contributed by atoms with Crippen molar-refractivity contribution in [2.45, 2.75) is 18.8 Å². The molecule has 3 heterocycles. The second-order valence-corrected chi connectivity index (χ2v) is 9.29. The number of amides is 1. The maximum Gasteiger partial charge on any atom is 0.263 e. The fourth-order valence-corrected chi connectivity index (χ4v) is 4.85. The van der Waals surface area contributed by atoms with Crippen LogP contribution in [0.15, 0.2) is 53.7 Å². The van der Waals surface area contributed by atoms with Crippen molar-refractivity contribution in [3.63, 3.8) is 0 Å². The van der Waals surface area contributed by atoms with E-state index in [4.69, 9.17) is 12.2 Å². The highest BCUT2D eigenvalue weighted by atomic mass is 32.2. The Balaban J connectivity index is 1.42. The topological polar surface area (TPSA) is 50.2 Å². The molecule has 1 N–H and O–H groups in total. The summed E-state index contributed by atoms with van der Waals surface area (Å²) in [6.07, 6.45) is 3.34. The molecule has 2 fully saturated rings. The van der Waals surface area contributed by atoms with Crippen LogP contribution < -0.4 is 10.2 Å². The number of anilines is 1. The fraction of sp³-hybridized carbons (Fsp3) is 0.227. The van der Waals surface area contributed by atoms with Crippen molar-refractivity contribution in [1.82, 2.24) is 14.9 Å². The molecule has 2 aliphatic heterocycles. The number of thiocarbonyl (C=S) groups is 1. The third-order valence-corrected chi connectivity index (χ3v) is 6.66. The molecule has 0 bridgehead atoms. The lowest BCUT2D eigenvalue weighted by Gasteiger charge is -2.33. The molecule has 1 aromatic heterocycles. The molecule has 0 aliphatic carbocycles. The molecule has 2 aromatic carbocycles. The zero-order valence-electron chi connectivity index (χ0n) is 16.3. The minimum absolute atomic E-state index is 0.111. The summed E-state index contributed by atoms with van der Waals surface area (Å²) >= 11 is 6.29. The third kappa shape index (κ3) is 4.07. The molecular formula is C22H18F2N4OS2. The number of piperidine rings is 1. The summed E-state index contributed by atoms with van der Waals surface area (Å²) in [5.74, 6) is -2.74. The summed E-state index contributed by atoms with van der Waals surface area (Å²) in [5, 5.41) is 2.62. The Morgan fingerprint density at radius 3 is 2.48 bits per heavy atom. The molecule has 2 aliphatic rings. The third-order valence-electron chi connectivity index (χ3n) is 5.50. The van der Waals surface area contributed by atoms with Crippen LogP contribution in [-0.2, 0) is 4.79 Å². The van der Waals surface area contributed by atoms with Crippen LogP contribution in [0.2, 0.25) is 0 Å². The van der Waals surface area contributed by atoms with Gasteiger partial charge in [-0.2, -0.15) is 0 Å². The van der Waals surface area contributed by atoms with Crippen LogP contribution in [0.5, 0.6) is 0 Å². The van der Waals surface area contributed by atoms with Crippen molar-refractivity contribution in [3.05, 3.63) is 59.3 Å². The number of rotatable bonds is 3. The SMILES string of the molecule is O=C1NC(=S)S/C1=C\c1ccc2ncn(-c3ccc(N4CCC(F)(F)CC4)cc3)c2c1. The number of halogens is 2. The van der Waals surface area contributed by atoms with Gasteiger partial charge in [-0.25, -0.2) is 13.8 Å². The maximum absolute atomic E-state index is 13.4. The van der Waals surface area contributed by atoms with Crippen molar-refractivity contribution in [3.8, 4) is 5.69 Å². The average Bonchev–Trinajstić information content (AvgIpc) is 3.30. The minimum atomic E-state index is -2.55. The number of carbonyl (C=O) groups excluding carboxylic acids is 1. The van der Waals surface area contributed by atoms with Gasteiger partial charge in [0, 0.05) is 37.3 Å². The van der Waals surface area contributed by atoms with E-state index in [0.29, 0.717) is 22.3 Å². The number of benzene rings is 2. The zero-order chi connectivity index (χ0) is 21.6. The molecule has 9 heteroatoms. The number of aromatic nitrogens is 2. The highest BCUT2D eigenvalue weighted by Crippen LogP contribution is 2.31. The van der Waals surface area contributed by atoms with E-state index < -0.39 is 5.92 Å². The minimum Gasteiger partial charge on any atom is -0.371 e. The smallest absolute Gasteiger partial charge is 0.263 e. The number of hydrogen-bond acceptors (Lipinski definition) is 5. The Kier molecular flexibility index (Phi) is 5.02. The molecule has 5 rings (SSSR count). The Labute approximate surface area is 187 Å². The zero-order valence-corrected chi connectivity index (χ0v) is 18.0. The predicted molar refractivity (Wildman–Crippen MR) is 124 cm³/mol. The average molecular weight is 457 g/mol. The van der Waals surface area contributed by atoms with Gasteiger partial charge in [-0.15, -0.1) is 0 Å². The maximum atomic E-state index is 13.4. The number of imidazole rings is 1. The number of nitrogens with zero attached hydrogens (tertiary/aromatic N) is 3. The lowest BCUT2D eigenvalue weighted by molar-refractivity contribution is -0.115. The molecule has 0 spiro atoms. The van der Waals surface area contributed by atoms with Gasteiger partial charge in [0.1, 0.15) is 10.6 Å². The predicted octanol–water partition coefficient (Wildman–Crippen LogP) is 4.75. The van der Waals surface area contributed by atoms with Gasteiger partial charge in [0.05, 0.1) is 15.9 Å². The molecule has 0 atom stereocenters. The Morgan fingerprint density at radius 1 is 1.10 bits per heavy atom. The van der Waals surface area contributed by atoms with Gasteiger partial charge in [0.2, 0.25) is 0 Å². The lowest BCUT2D eigenvalue weighted by atomic mass is 10.1. The van der Waals surface area contributed by atoms with Gasteiger partial charge >= 0.3 is 0 Å². The first-order valence-electron chi connectivity index (χ1n) is 9.83. The van der Waals surface area contributed by atoms with E-state index in [0.717, 1.165) is 28.0 Å². The number of thioether (sulfide) groups is 1. The van der Waals surface area contributed by atoms with Crippen LogP contribution in [0.25, 0.3) is 22.8 Å². The first-order valence-corrected chi connectivity index (χ1v) is 11.1. The molecular weight excluding hydrogens is 438 g/mol. The molecule has 5 nitrogen and oxygen atoms in total. The van der Waals surface area contributed by atoms with E-state index in [1.54, 1.807) is 6.33 Å². The van der Waals surface area contributed by atoms with Crippen LogP contribution in [0.4, 0.5) is 14.5 Å². The monoisotopic (exact) mass is 456 g/mol. The van der Waals surface area contributed by atoms with Crippen LogP contribution in [0, 0.1) is 0 Å². The highest BCUT2D eigenvalue weighted by molar-refractivity contribution is 8.26. The van der Waals surface area contributed by atoms with Crippen molar-refractivity contribution < 1.29 is 13.6 Å². The van der Waals surface area contributed by atoms with E-state index in [2.05, 4.69) is 10.3 Å². The normalized spacial score (nSPS) is 19.9. The Morgan fingerprint density at radius 2 is 1.81 bits per heavy atom. The standard InChI is InChI=1S/C22H18F2N4OS2/c23-22(24)7-9-27(10-8-22)15-2-4-16(5-3-15)28-13-25-17-6-1-14(11-18(17)28)12-19-20(29)26-21(30)31-19/h1-6,11-13H,7-10H2,(H,26,29,30)/b19-12-. The Hall–Kier alpha value is -2.78. The van der Waals surface area contributed by atoms with Crippen molar-refractivity contribution >= 4 is 57.0 Å². The van der Waals surface area contributed by atoms with Gasteiger partial charge in [-0.3, -0.25) is 9.36 Å². The fourth-order valence-electron chi connectivity index (χ4n) is 3.81. The first kappa shape index (κ1) is 20.1. The van der Waals surface area contributed by atoms with E-state index in [1.807, 2.05) is 58.0 Å². The molecule has 31 heavy (non-hydrogen) atoms. The van der Waals surface area contributed by atoms with E-state index in [1.165, 1.54) is 11.8 Å². The number of carbonyl (C=O) groups is 1. The molecule has 0 radical (unpaired) electrons. The van der Waals surface area contributed by atoms with E-state index >= 15 is 0 Å². The lowest BCUT2D eigenvalue weighted by Crippen LogP contribution is -2.39. The molecule has 0 saturated carbocycles. The number of hydrogen-bond donors (Lipinski definition) is 1. The summed E-state index contributed by atoms with van der Waals surface area (Å²) in [6.45, 7) is 0.709. The summed E-state index contributed by atoms with van der Waals surface area (Å²) in [6, 6.07) is 13.6. The molecule has 0 unspecified atom stereocenters. The largest absolute Gasteiger partial charge is 0.371 e. The second-order valence-electron chi connectivity index (χ2n) is 7.57. The summed E-state index contributed by atoms with van der Waals surface area (Å²) in [4.78, 5) is 19.0. The van der Waals surface area contributed by atoms with Gasteiger partial charge in [0.15, 0.2) is 0 Å². The first-order chi connectivity index (χ1) is 14.9. The Bertz CT molecular complexity index is 1210. The molecule has 1 amide bonds. The van der Waals surface area contributed by atoms with Crippen molar-refractivity contribution in [2.75, 3.05) is 18.0 Å². The van der Waals surface area contributed by atoms with E-state index in [9.17, 15) is 13.6 Å².